The smallest absolute Gasteiger partial charge is 0.270 e. The Labute approximate surface area is 230 Å². The summed E-state index contributed by atoms with van der Waals surface area (Å²) < 4.78 is 26.1. The second-order valence-electron chi connectivity index (χ2n) is 9.11. The molecule has 0 aliphatic heterocycles. The van der Waals surface area contributed by atoms with E-state index < -0.39 is 4.92 Å². The maximum atomic E-state index is 13.5. The summed E-state index contributed by atoms with van der Waals surface area (Å²) in [5.41, 5.74) is 2.51. The summed E-state index contributed by atoms with van der Waals surface area (Å²) >= 11 is 0. The number of nitro groups is 1. The summed E-state index contributed by atoms with van der Waals surface area (Å²) in [4.78, 5) is 24.4. The number of carbonyl (C=O) groups excluding carboxylic acids is 1. The average Bonchev–Trinajstić information content (AvgIpc) is 3.26. The fourth-order valence-electron chi connectivity index (χ4n) is 5.03. The Hall–Kier alpha value is -5.12. The molecule has 0 bridgehead atoms. The number of ether oxygens (including phenoxy) is 4. The van der Waals surface area contributed by atoms with E-state index >= 15 is 0 Å². The Morgan fingerprint density at radius 3 is 2.23 bits per heavy atom. The fourth-order valence-corrected chi connectivity index (χ4v) is 5.03. The van der Waals surface area contributed by atoms with Gasteiger partial charge in [0.05, 0.1) is 39.6 Å². The fraction of sp³-hybridized carbons (Fsp3) is 0.200. The van der Waals surface area contributed by atoms with Crippen LogP contribution in [0.25, 0.3) is 27.5 Å². The minimum absolute atomic E-state index is 0.0485. The number of carbonyl (C=O) groups is 1. The lowest BCUT2D eigenvalue weighted by Crippen LogP contribution is -2.41. The first-order valence-electron chi connectivity index (χ1n) is 12.4. The standard InChI is InChI=1S/C30H28N3O7/c1-18-31-12-11-19-14-27(39-4)28(40-5)16-23(19)30(31)29(21-9-10-25(37-2)26(15-21)38-3)32(18)17-24(34)20-7-6-8-22(13-20)33(35)36/h6-16H,17H2,1-5H3/q+1. The second-order valence-corrected chi connectivity index (χ2v) is 9.11. The predicted octanol–water partition coefficient (Wildman–Crippen LogP) is 5.18. The number of pyridine rings is 1. The van der Waals surface area contributed by atoms with Gasteiger partial charge in [-0.05, 0) is 41.8 Å². The van der Waals surface area contributed by atoms with Crippen molar-refractivity contribution in [2.24, 2.45) is 0 Å². The average molecular weight is 543 g/mol. The highest BCUT2D eigenvalue weighted by molar-refractivity contribution is 6.03. The number of nitro benzene ring substituents is 1. The topological polar surface area (TPSA) is 105 Å². The zero-order chi connectivity index (χ0) is 28.6. The Kier molecular flexibility index (Phi) is 7.00. The van der Waals surface area contributed by atoms with Gasteiger partial charge in [0.2, 0.25) is 5.78 Å². The van der Waals surface area contributed by atoms with Gasteiger partial charge in [0.1, 0.15) is 0 Å². The Bertz CT molecular complexity index is 1790. The molecule has 5 aromatic rings. The molecule has 0 radical (unpaired) electrons. The molecule has 0 saturated carbocycles. The minimum Gasteiger partial charge on any atom is -0.493 e. The molecule has 0 unspecified atom stereocenters. The van der Waals surface area contributed by atoms with E-state index in [4.69, 9.17) is 18.9 Å². The van der Waals surface area contributed by atoms with Gasteiger partial charge in [0.25, 0.3) is 11.5 Å². The number of imidazole rings is 1. The molecule has 0 atom stereocenters. The van der Waals surface area contributed by atoms with Gasteiger partial charge in [-0.25, -0.2) is 4.57 Å². The van der Waals surface area contributed by atoms with E-state index in [1.165, 1.54) is 18.2 Å². The van der Waals surface area contributed by atoms with E-state index in [0.29, 0.717) is 23.0 Å². The van der Waals surface area contributed by atoms with E-state index in [0.717, 1.165) is 33.4 Å². The van der Waals surface area contributed by atoms with Crippen molar-refractivity contribution in [2.45, 2.75) is 13.5 Å². The molecule has 2 aromatic heterocycles. The van der Waals surface area contributed by atoms with Crippen molar-refractivity contribution in [2.75, 3.05) is 28.4 Å². The van der Waals surface area contributed by atoms with Gasteiger partial charge in [-0.1, -0.05) is 12.1 Å². The van der Waals surface area contributed by atoms with Crippen LogP contribution in [0.4, 0.5) is 5.69 Å². The maximum Gasteiger partial charge on any atom is 0.270 e. The lowest BCUT2D eigenvalue weighted by Gasteiger charge is -2.11. The van der Waals surface area contributed by atoms with Crippen LogP contribution in [0.2, 0.25) is 0 Å². The van der Waals surface area contributed by atoms with Crippen LogP contribution in [-0.2, 0) is 6.54 Å². The van der Waals surface area contributed by atoms with Crippen LogP contribution < -0.4 is 23.5 Å². The van der Waals surface area contributed by atoms with Crippen molar-refractivity contribution in [3.63, 3.8) is 0 Å². The van der Waals surface area contributed by atoms with Gasteiger partial charge >= 0.3 is 0 Å². The predicted molar refractivity (Wildman–Crippen MR) is 149 cm³/mol. The first-order valence-corrected chi connectivity index (χ1v) is 12.4. The zero-order valence-corrected chi connectivity index (χ0v) is 22.8. The number of rotatable bonds is 9. The number of nitrogens with zero attached hydrogens (tertiary/aromatic N) is 3. The number of hydrogen-bond donors (Lipinski definition) is 0. The first-order chi connectivity index (χ1) is 19.3. The van der Waals surface area contributed by atoms with Crippen molar-refractivity contribution in [1.29, 1.82) is 0 Å². The summed E-state index contributed by atoms with van der Waals surface area (Å²) in [6.45, 7) is 1.87. The number of methoxy groups -OCH3 is 4. The van der Waals surface area contributed by atoms with Crippen molar-refractivity contribution < 1.29 is 33.2 Å². The van der Waals surface area contributed by atoms with Crippen LogP contribution >= 0.6 is 0 Å². The Morgan fingerprint density at radius 2 is 1.55 bits per heavy atom. The van der Waals surface area contributed by atoms with E-state index in [-0.39, 0.29) is 23.6 Å². The summed E-state index contributed by atoms with van der Waals surface area (Å²) in [7, 11) is 6.31. The van der Waals surface area contributed by atoms with E-state index in [9.17, 15) is 14.9 Å². The second kappa shape index (κ2) is 10.6. The van der Waals surface area contributed by atoms with E-state index in [1.54, 1.807) is 34.5 Å². The molecular weight excluding hydrogens is 514 g/mol. The SMILES string of the molecule is COc1ccc(-c2c3c4cc(OC)c(OC)cc4ccn3c(C)[n+]2CC(=O)c2cccc([N+](=O)[O-])c2)cc1OC. The minimum atomic E-state index is -0.509. The summed E-state index contributed by atoms with van der Waals surface area (Å²) in [6, 6.07) is 17.2. The first kappa shape index (κ1) is 26.5. The number of aromatic nitrogens is 2. The van der Waals surface area contributed by atoms with Crippen molar-refractivity contribution in [1.82, 2.24) is 4.40 Å². The molecular formula is C30H28N3O7+. The van der Waals surface area contributed by atoms with Crippen molar-refractivity contribution >= 4 is 27.8 Å². The normalized spacial score (nSPS) is 11.0. The Balaban J connectivity index is 1.80. The number of hydrogen-bond acceptors (Lipinski definition) is 7. The monoisotopic (exact) mass is 542 g/mol. The number of fused-ring (bicyclic) bond motifs is 3. The number of ketones is 1. The molecule has 2 heterocycles. The number of non-ortho nitro benzene ring substituents is 1. The molecule has 0 aliphatic rings. The molecule has 0 fully saturated rings. The van der Waals surface area contributed by atoms with Crippen LogP contribution in [0.15, 0.2) is 66.9 Å². The van der Waals surface area contributed by atoms with Gasteiger partial charge in [-0.3, -0.25) is 14.9 Å². The highest BCUT2D eigenvalue weighted by Gasteiger charge is 2.29. The lowest BCUT2D eigenvalue weighted by atomic mass is 10.0. The highest BCUT2D eigenvalue weighted by Crippen LogP contribution is 2.39. The summed E-state index contributed by atoms with van der Waals surface area (Å²) in [5, 5.41) is 13.1. The van der Waals surface area contributed by atoms with Gasteiger partial charge in [0.15, 0.2) is 40.8 Å². The molecule has 40 heavy (non-hydrogen) atoms. The molecule has 5 rings (SSSR count). The molecule has 0 N–H and O–H groups in total. The van der Waals surface area contributed by atoms with Gasteiger partial charge < -0.3 is 18.9 Å². The molecule has 0 saturated heterocycles. The van der Waals surface area contributed by atoms with Gasteiger partial charge in [0, 0.05) is 35.6 Å². The van der Waals surface area contributed by atoms with Crippen LogP contribution in [0, 0.1) is 17.0 Å². The third kappa shape index (κ3) is 4.43. The third-order valence-corrected chi connectivity index (χ3v) is 7.03. The molecule has 3 aromatic carbocycles. The molecule has 0 spiro atoms. The van der Waals surface area contributed by atoms with Crippen molar-refractivity contribution in [3.05, 3.63) is 88.4 Å². The van der Waals surface area contributed by atoms with Gasteiger partial charge in [-0.15, -0.1) is 0 Å². The highest BCUT2D eigenvalue weighted by atomic mass is 16.6. The van der Waals surface area contributed by atoms with Crippen LogP contribution in [0.1, 0.15) is 16.2 Å². The third-order valence-electron chi connectivity index (χ3n) is 7.03. The maximum absolute atomic E-state index is 13.5. The number of Topliss-reactive ketones (excluding diaryl/α,β-unsaturated/α-hetero) is 1. The zero-order valence-electron chi connectivity index (χ0n) is 22.8. The Morgan fingerprint density at radius 1 is 0.875 bits per heavy atom. The summed E-state index contributed by atoms with van der Waals surface area (Å²) in [5.74, 6) is 2.80. The molecule has 10 nitrogen and oxygen atoms in total. The van der Waals surface area contributed by atoms with E-state index in [1.807, 2.05) is 58.5 Å². The van der Waals surface area contributed by atoms with E-state index in [2.05, 4.69) is 0 Å². The molecule has 0 aliphatic carbocycles. The van der Waals surface area contributed by atoms with Crippen LogP contribution in [0.3, 0.4) is 0 Å². The number of aryl methyl sites for hydroxylation is 1. The molecule has 204 valence electrons. The molecule has 0 amide bonds. The van der Waals surface area contributed by atoms with Crippen molar-refractivity contribution in [3.8, 4) is 34.3 Å². The van der Waals surface area contributed by atoms with Gasteiger partial charge in [-0.2, -0.15) is 4.40 Å². The quantitative estimate of drug-likeness (QED) is 0.109. The largest absolute Gasteiger partial charge is 0.493 e. The van der Waals surface area contributed by atoms with Crippen LogP contribution in [0.5, 0.6) is 23.0 Å². The lowest BCUT2D eigenvalue weighted by molar-refractivity contribution is -0.677. The van der Waals surface area contributed by atoms with Crippen LogP contribution in [-0.4, -0.2) is 43.5 Å². The summed E-state index contributed by atoms with van der Waals surface area (Å²) in [6.07, 6.45) is 1.94. The number of benzene rings is 3. The molecule has 10 heteroatoms.